The molecule has 2 rings (SSSR count). The fourth-order valence-corrected chi connectivity index (χ4v) is 3.49. The number of rotatable bonds is 6. The lowest BCUT2D eigenvalue weighted by Gasteiger charge is -2.35. The average Bonchev–Trinajstić information content (AvgIpc) is 2.61. The molecule has 0 aromatic heterocycles. The van der Waals surface area contributed by atoms with Gasteiger partial charge in [-0.15, -0.1) is 6.42 Å². The van der Waals surface area contributed by atoms with Gasteiger partial charge in [-0.05, 0) is 51.3 Å². The zero-order valence-corrected chi connectivity index (χ0v) is 15.3. The third kappa shape index (κ3) is 4.85. The number of aryl methyl sites for hydroxylation is 1. The summed E-state index contributed by atoms with van der Waals surface area (Å²) in [7, 11) is 1.97. The minimum Gasteiger partial charge on any atom is -0.342 e. The van der Waals surface area contributed by atoms with E-state index in [0.717, 1.165) is 38.8 Å². The van der Waals surface area contributed by atoms with E-state index in [2.05, 4.69) is 48.9 Å². The minimum absolute atomic E-state index is 0.149. The summed E-state index contributed by atoms with van der Waals surface area (Å²) in [5.74, 6) is 3.14. The number of amides is 1. The number of hydrogen-bond donors (Lipinski definition) is 0. The van der Waals surface area contributed by atoms with Crippen molar-refractivity contribution in [3.05, 3.63) is 35.4 Å². The number of likely N-dealkylation sites (N-methyl/N-ethyl adjacent to an activating group) is 1. The molecule has 3 heteroatoms. The first kappa shape index (κ1) is 18.5. The van der Waals surface area contributed by atoms with Crippen molar-refractivity contribution >= 4 is 5.91 Å². The van der Waals surface area contributed by atoms with Crippen molar-refractivity contribution in [2.24, 2.45) is 5.92 Å². The number of carbonyl (C=O) groups excluding carboxylic acids is 1. The number of hydrogen-bond acceptors (Lipinski definition) is 2. The number of likely N-dealkylation sites (tertiary alicyclic amines) is 1. The molecule has 1 aliphatic rings. The largest absolute Gasteiger partial charge is 0.342 e. The van der Waals surface area contributed by atoms with E-state index in [4.69, 9.17) is 6.42 Å². The highest BCUT2D eigenvalue weighted by Crippen LogP contribution is 2.21. The topological polar surface area (TPSA) is 23.6 Å². The van der Waals surface area contributed by atoms with Gasteiger partial charge in [0.05, 0.1) is 6.54 Å². The Balaban J connectivity index is 1.93. The van der Waals surface area contributed by atoms with Gasteiger partial charge in [0.2, 0.25) is 5.91 Å². The highest BCUT2D eigenvalue weighted by Gasteiger charge is 2.29. The van der Waals surface area contributed by atoms with Crippen LogP contribution < -0.4 is 0 Å². The lowest BCUT2D eigenvalue weighted by molar-refractivity contribution is -0.137. The maximum Gasteiger partial charge on any atom is 0.225 e. The first-order valence-electron chi connectivity index (χ1n) is 9.03. The molecule has 1 saturated heterocycles. The lowest BCUT2D eigenvalue weighted by Crippen LogP contribution is -2.45. The third-order valence-corrected chi connectivity index (χ3v) is 5.21. The molecule has 0 N–H and O–H groups in total. The molecule has 0 bridgehead atoms. The van der Waals surface area contributed by atoms with E-state index in [1.807, 2.05) is 11.9 Å². The van der Waals surface area contributed by atoms with E-state index < -0.39 is 0 Å². The van der Waals surface area contributed by atoms with Crippen LogP contribution >= 0.6 is 0 Å². The summed E-state index contributed by atoms with van der Waals surface area (Å²) < 4.78 is 0. The molecular formula is C21H30N2O. The average molecular weight is 326 g/mol. The summed E-state index contributed by atoms with van der Waals surface area (Å²) >= 11 is 0. The highest BCUT2D eigenvalue weighted by atomic mass is 16.2. The van der Waals surface area contributed by atoms with E-state index in [1.54, 1.807) is 0 Å². The summed E-state index contributed by atoms with van der Waals surface area (Å²) in [6.45, 7) is 6.83. The van der Waals surface area contributed by atoms with E-state index in [0.29, 0.717) is 12.5 Å². The summed E-state index contributed by atoms with van der Waals surface area (Å²) in [4.78, 5) is 17.1. The first-order chi connectivity index (χ1) is 11.5. The third-order valence-electron chi connectivity index (χ3n) is 5.21. The van der Waals surface area contributed by atoms with Crippen LogP contribution in [0.5, 0.6) is 0 Å². The van der Waals surface area contributed by atoms with Gasteiger partial charge in [-0.1, -0.05) is 42.7 Å². The van der Waals surface area contributed by atoms with Crippen molar-refractivity contribution in [1.82, 2.24) is 9.80 Å². The second-order valence-electron chi connectivity index (χ2n) is 6.96. The summed E-state index contributed by atoms with van der Waals surface area (Å²) in [5.41, 5.74) is 2.57. The van der Waals surface area contributed by atoms with Crippen molar-refractivity contribution in [2.75, 3.05) is 26.7 Å². The Morgan fingerprint density at radius 1 is 1.33 bits per heavy atom. The molecule has 0 spiro atoms. The Hall–Kier alpha value is -1.79. The fourth-order valence-electron chi connectivity index (χ4n) is 3.49. The molecule has 1 aromatic rings. The van der Waals surface area contributed by atoms with Crippen LogP contribution in [0, 0.1) is 25.2 Å². The van der Waals surface area contributed by atoms with E-state index in [9.17, 15) is 4.79 Å². The molecule has 0 saturated carbocycles. The van der Waals surface area contributed by atoms with Crippen molar-refractivity contribution in [3.8, 4) is 12.3 Å². The predicted octanol–water partition coefficient (Wildman–Crippen LogP) is 3.12. The number of terminal acetylenes is 1. The van der Waals surface area contributed by atoms with Gasteiger partial charge in [-0.2, -0.15) is 0 Å². The Bertz CT molecular complexity index is 564. The van der Waals surface area contributed by atoms with Gasteiger partial charge < -0.3 is 4.90 Å². The maximum absolute atomic E-state index is 12.9. The van der Waals surface area contributed by atoms with Crippen LogP contribution in [0.15, 0.2) is 24.3 Å². The summed E-state index contributed by atoms with van der Waals surface area (Å²) in [6.07, 6.45) is 9.12. The quantitative estimate of drug-likeness (QED) is 0.750. The van der Waals surface area contributed by atoms with Crippen LogP contribution in [0.1, 0.15) is 37.3 Å². The smallest absolute Gasteiger partial charge is 0.225 e. The SMILES string of the molecule is C#CCN1CCC(C(=O)N(C)[C@H](CC)Cc2ccc(C)cc2)CC1. The monoisotopic (exact) mass is 326 g/mol. The molecule has 1 aliphatic heterocycles. The van der Waals surface area contributed by atoms with Gasteiger partial charge in [0, 0.05) is 19.0 Å². The van der Waals surface area contributed by atoms with Crippen molar-refractivity contribution in [3.63, 3.8) is 0 Å². The molecule has 3 nitrogen and oxygen atoms in total. The molecule has 1 aromatic carbocycles. The fraction of sp³-hybridized carbons (Fsp3) is 0.571. The van der Waals surface area contributed by atoms with E-state index in [-0.39, 0.29) is 12.0 Å². The molecule has 1 atom stereocenters. The van der Waals surface area contributed by atoms with E-state index >= 15 is 0 Å². The molecular weight excluding hydrogens is 296 g/mol. The zero-order chi connectivity index (χ0) is 17.5. The molecule has 0 unspecified atom stereocenters. The van der Waals surface area contributed by atoms with Crippen LogP contribution in [0.4, 0.5) is 0 Å². The van der Waals surface area contributed by atoms with Gasteiger partial charge in [-0.25, -0.2) is 0 Å². The Labute approximate surface area is 147 Å². The number of piperidine rings is 1. The molecule has 1 amide bonds. The van der Waals surface area contributed by atoms with Gasteiger partial charge in [0.25, 0.3) is 0 Å². The van der Waals surface area contributed by atoms with Crippen LogP contribution in [-0.4, -0.2) is 48.4 Å². The second kappa shape index (κ2) is 8.89. The zero-order valence-electron chi connectivity index (χ0n) is 15.3. The van der Waals surface area contributed by atoms with E-state index in [1.165, 1.54) is 11.1 Å². The Kier molecular flexibility index (Phi) is 6.87. The van der Waals surface area contributed by atoms with Gasteiger partial charge in [-0.3, -0.25) is 9.69 Å². The molecule has 1 heterocycles. The van der Waals surface area contributed by atoms with Crippen LogP contribution in [-0.2, 0) is 11.2 Å². The second-order valence-corrected chi connectivity index (χ2v) is 6.96. The minimum atomic E-state index is 0.149. The number of benzene rings is 1. The van der Waals surface area contributed by atoms with Crippen LogP contribution in [0.25, 0.3) is 0 Å². The normalized spacial score (nSPS) is 17.2. The van der Waals surface area contributed by atoms with Crippen LogP contribution in [0.2, 0.25) is 0 Å². The Morgan fingerprint density at radius 3 is 2.50 bits per heavy atom. The van der Waals surface area contributed by atoms with Gasteiger partial charge in [0.15, 0.2) is 0 Å². The summed E-state index contributed by atoms with van der Waals surface area (Å²) in [6, 6.07) is 8.91. The first-order valence-corrected chi connectivity index (χ1v) is 9.03. The van der Waals surface area contributed by atoms with Crippen molar-refractivity contribution in [2.45, 2.75) is 45.6 Å². The number of carbonyl (C=O) groups is 1. The summed E-state index contributed by atoms with van der Waals surface area (Å²) in [5, 5.41) is 0. The van der Waals surface area contributed by atoms with Gasteiger partial charge in [0.1, 0.15) is 0 Å². The predicted molar refractivity (Wildman–Crippen MR) is 99.7 cm³/mol. The Morgan fingerprint density at radius 2 is 1.96 bits per heavy atom. The molecule has 0 aliphatic carbocycles. The molecule has 130 valence electrons. The lowest BCUT2D eigenvalue weighted by atomic mass is 9.93. The maximum atomic E-state index is 12.9. The van der Waals surface area contributed by atoms with Crippen molar-refractivity contribution < 1.29 is 4.79 Å². The molecule has 24 heavy (non-hydrogen) atoms. The molecule has 1 fully saturated rings. The molecule has 0 radical (unpaired) electrons. The number of nitrogens with zero attached hydrogens (tertiary/aromatic N) is 2. The highest BCUT2D eigenvalue weighted by molar-refractivity contribution is 5.79. The van der Waals surface area contributed by atoms with Gasteiger partial charge >= 0.3 is 0 Å². The van der Waals surface area contributed by atoms with Crippen molar-refractivity contribution in [1.29, 1.82) is 0 Å². The van der Waals surface area contributed by atoms with Crippen LogP contribution in [0.3, 0.4) is 0 Å². The standard InChI is InChI=1S/C21H30N2O/c1-5-13-23-14-11-19(12-15-23)21(24)22(4)20(6-2)16-18-9-7-17(3)8-10-18/h1,7-10,19-20H,6,11-16H2,2-4H3/t20-/m1/s1.